The molecule has 6 aromatic carbocycles. The molecule has 0 spiro atoms. The topological polar surface area (TPSA) is 38.7 Å². The fraction of sp³-hybridized carbons (Fsp3) is 0.0263. The number of fused-ring (bicyclic) bond motifs is 6. The Labute approximate surface area is 237 Å². The summed E-state index contributed by atoms with van der Waals surface area (Å²) in [7, 11) is 0. The summed E-state index contributed by atoms with van der Waals surface area (Å²) in [6.07, 6.45) is 0. The van der Waals surface area contributed by atoms with Crippen molar-refractivity contribution in [1.82, 2.24) is 15.0 Å². The van der Waals surface area contributed by atoms with Gasteiger partial charge in [0.2, 0.25) is 0 Å². The maximum Gasteiger partial charge on any atom is 0.160 e. The van der Waals surface area contributed by atoms with Crippen molar-refractivity contribution in [2.24, 2.45) is 0 Å². The van der Waals surface area contributed by atoms with E-state index in [2.05, 4.69) is 110 Å². The molecule has 0 saturated carbocycles. The first-order valence-corrected chi connectivity index (χ1v) is 13.9. The summed E-state index contributed by atoms with van der Waals surface area (Å²) < 4.78 is 0. The van der Waals surface area contributed by atoms with Gasteiger partial charge in [0, 0.05) is 38.2 Å². The fourth-order valence-corrected chi connectivity index (χ4v) is 5.96. The molecule has 8 rings (SSSR count). The first-order valence-electron chi connectivity index (χ1n) is 13.9. The standard InChI is InChI=1S/C38H25N3/c1-24-10-9-16-31-34-29-14-6-5-11-25(29)22-23-32(34)37(40-35(24)31)27-20-18-26(19-21-27)36-30-15-7-8-17-33(30)39-38(41-36)28-12-3-2-4-13-28/h2-23H,1H3. The zero-order chi connectivity index (χ0) is 27.3. The van der Waals surface area contributed by atoms with Crippen LogP contribution in [0, 0.1) is 6.92 Å². The lowest BCUT2D eigenvalue weighted by Gasteiger charge is -2.14. The third kappa shape index (κ3) is 3.86. The molecule has 8 aromatic rings. The van der Waals surface area contributed by atoms with Crippen LogP contribution in [0.4, 0.5) is 0 Å². The average molecular weight is 524 g/mol. The van der Waals surface area contributed by atoms with Gasteiger partial charge < -0.3 is 0 Å². The Morgan fingerprint density at radius 2 is 1.07 bits per heavy atom. The summed E-state index contributed by atoms with van der Waals surface area (Å²) in [5, 5.41) is 7.13. The Kier molecular flexibility index (Phi) is 5.36. The van der Waals surface area contributed by atoms with Crippen molar-refractivity contribution < 1.29 is 0 Å². The van der Waals surface area contributed by atoms with Crippen molar-refractivity contribution in [2.45, 2.75) is 6.92 Å². The van der Waals surface area contributed by atoms with E-state index in [1.54, 1.807) is 0 Å². The van der Waals surface area contributed by atoms with Gasteiger partial charge in [0.25, 0.3) is 0 Å². The molecule has 192 valence electrons. The van der Waals surface area contributed by atoms with E-state index in [0.29, 0.717) is 0 Å². The monoisotopic (exact) mass is 523 g/mol. The number of rotatable bonds is 3. The highest BCUT2D eigenvalue weighted by molar-refractivity contribution is 6.22. The Morgan fingerprint density at radius 1 is 0.415 bits per heavy atom. The van der Waals surface area contributed by atoms with Crippen LogP contribution in [-0.2, 0) is 0 Å². The molecule has 0 bridgehead atoms. The molecule has 0 atom stereocenters. The lowest BCUT2D eigenvalue weighted by Crippen LogP contribution is -1.95. The largest absolute Gasteiger partial charge is 0.247 e. The van der Waals surface area contributed by atoms with Gasteiger partial charge in [-0.05, 0) is 29.3 Å². The highest BCUT2D eigenvalue weighted by atomic mass is 14.9. The van der Waals surface area contributed by atoms with Gasteiger partial charge >= 0.3 is 0 Å². The zero-order valence-electron chi connectivity index (χ0n) is 22.5. The Morgan fingerprint density at radius 3 is 1.88 bits per heavy atom. The Balaban J connectivity index is 1.34. The third-order valence-corrected chi connectivity index (χ3v) is 7.98. The van der Waals surface area contributed by atoms with Gasteiger partial charge in [-0.1, -0.05) is 127 Å². The summed E-state index contributed by atoms with van der Waals surface area (Å²) in [5.74, 6) is 0.730. The summed E-state index contributed by atoms with van der Waals surface area (Å²) in [4.78, 5) is 15.2. The molecule has 0 saturated heterocycles. The highest BCUT2D eigenvalue weighted by Crippen LogP contribution is 2.38. The van der Waals surface area contributed by atoms with E-state index in [0.717, 1.165) is 55.7 Å². The lowest BCUT2D eigenvalue weighted by molar-refractivity contribution is 1.23. The summed E-state index contributed by atoms with van der Waals surface area (Å²) in [6, 6.07) is 46.6. The van der Waals surface area contributed by atoms with Crippen molar-refractivity contribution in [1.29, 1.82) is 0 Å². The second kappa shape index (κ2) is 9.35. The van der Waals surface area contributed by atoms with Crippen molar-refractivity contribution in [3.8, 4) is 33.9 Å². The fourth-order valence-electron chi connectivity index (χ4n) is 5.96. The van der Waals surface area contributed by atoms with E-state index in [1.165, 1.54) is 27.1 Å². The smallest absolute Gasteiger partial charge is 0.160 e. The van der Waals surface area contributed by atoms with Crippen LogP contribution in [0.1, 0.15) is 5.56 Å². The van der Waals surface area contributed by atoms with Crippen molar-refractivity contribution in [3.05, 3.63) is 139 Å². The van der Waals surface area contributed by atoms with Crippen LogP contribution in [0.5, 0.6) is 0 Å². The quantitative estimate of drug-likeness (QED) is 0.216. The zero-order valence-corrected chi connectivity index (χ0v) is 22.5. The molecule has 41 heavy (non-hydrogen) atoms. The van der Waals surface area contributed by atoms with E-state index in [1.807, 2.05) is 30.3 Å². The van der Waals surface area contributed by atoms with E-state index in [9.17, 15) is 0 Å². The minimum Gasteiger partial charge on any atom is -0.247 e. The molecule has 3 heteroatoms. The molecule has 0 aliphatic carbocycles. The highest BCUT2D eigenvalue weighted by Gasteiger charge is 2.16. The molecule has 0 N–H and O–H groups in total. The predicted molar refractivity (Wildman–Crippen MR) is 171 cm³/mol. The molecule has 0 aliphatic rings. The SMILES string of the molecule is Cc1cccc2c1nc(-c1ccc(-c3nc(-c4ccccc4)nc4ccccc34)cc1)c1ccc3ccccc3c12. The number of nitrogens with zero attached hydrogens (tertiary/aromatic N) is 3. The van der Waals surface area contributed by atoms with E-state index >= 15 is 0 Å². The first kappa shape index (κ1) is 23.5. The first-order chi connectivity index (χ1) is 20.2. The molecule has 0 aliphatic heterocycles. The van der Waals surface area contributed by atoms with E-state index in [-0.39, 0.29) is 0 Å². The summed E-state index contributed by atoms with van der Waals surface area (Å²) >= 11 is 0. The molecule has 0 fully saturated rings. The normalized spacial score (nSPS) is 11.5. The van der Waals surface area contributed by atoms with E-state index in [4.69, 9.17) is 15.0 Å². The van der Waals surface area contributed by atoms with Crippen molar-refractivity contribution in [3.63, 3.8) is 0 Å². The van der Waals surface area contributed by atoms with Crippen LogP contribution >= 0.6 is 0 Å². The maximum absolute atomic E-state index is 5.26. The van der Waals surface area contributed by atoms with Crippen LogP contribution in [0.2, 0.25) is 0 Å². The minimum atomic E-state index is 0.730. The molecule has 2 heterocycles. The van der Waals surface area contributed by atoms with Gasteiger partial charge in [0.1, 0.15) is 0 Å². The van der Waals surface area contributed by atoms with Crippen LogP contribution in [0.3, 0.4) is 0 Å². The van der Waals surface area contributed by atoms with E-state index < -0.39 is 0 Å². The lowest BCUT2D eigenvalue weighted by atomic mass is 9.94. The number of para-hydroxylation sites is 2. The minimum absolute atomic E-state index is 0.730. The number of aromatic nitrogens is 3. The van der Waals surface area contributed by atoms with Crippen LogP contribution in [-0.4, -0.2) is 15.0 Å². The van der Waals surface area contributed by atoms with Crippen molar-refractivity contribution >= 4 is 43.4 Å². The number of pyridine rings is 1. The number of benzene rings is 6. The molecular weight excluding hydrogens is 498 g/mol. The summed E-state index contributed by atoms with van der Waals surface area (Å²) in [6.45, 7) is 2.14. The average Bonchev–Trinajstić information content (AvgIpc) is 3.04. The van der Waals surface area contributed by atoms with Gasteiger partial charge in [0.15, 0.2) is 5.82 Å². The second-order valence-corrected chi connectivity index (χ2v) is 10.5. The Bertz CT molecular complexity index is 2250. The van der Waals surface area contributed by atoms with Gasteiger partial charge in [-0.2, -0.15) is 0 Å². The predicted octanol–water partition coefficient (Wildman–Crippen LogP) is 9.79. The molecule has 0 radical (unpaired) electrons. The van der Waals surface area contributed by atoms with Gasteiger partial charge in [-0.3, -0.25) is 0 Å². The third-order valence-electron chi connectivity index (χ3n) is 7.98. The number of hydrogen-bond acceptors (Lipinski definition) is 3. The molecular formula is C38H25N3. The van der Waals surface area contributed by atoms with Crippen molar-refractivity contribution in [2.75, 3.05) is 0 Å². The van der Waals surface area contributed by atoms with Gasteiger partial charge in [-0.25, -0.2) is 15.0 Å². The second-order valence-electron chi connectivity index (χ2n) is 10.5. The number of hydrogen-bond donors (Lipinski definition) is 0. The molecule has 0 amide bonds. The molecule has 2 aromatic heterocycles. The van der Waals surface area contributed by atoms with Crippen LogP contribution in [0.15, 0.2) is 133 Å². The van der Waals surface area contributed by atoms with Crippen LogP contribution in [0.25, 0.3) is 77.3 Å². The Hall–Kier alpha value is -5.41. The molecule has 0 unspecified atom stereocenters. The van der Waals surface area contributed by atoms with Crippen LogP contribution < -0.4 is 0 Å². The molecule has 3 nitrogen and oxygen atoms in total. The summed E-state index contributed by atoms with van der Waals surface area (Å²) in [5.41, 5.74) is 8.23. The van der Waals surface area contributed by atoms with Gasteiger partial charge in [-0.15, -0.1) is 0 Å². The van der Waals surface area contributed by atoms with Gasteiger partial charge in [0.05, 0.1) is 22.4 Å². The number of aryl methyl sites for hydroxylation is 1. The maximum atomic E-state index is 5.26.